The Morgan fingerprint density at radius 2 is 1.29 bits per heavy atom. The van der Waals surface area contributed by atoms with Crippen LogP contribution in [0.3, 0.4) is 0 Å². The zero-order valence-corrected chi connectivity index (χ0v) is 11.3. The van der Waals surface area contributed by atoms with Crippen molar-refractivity contribution in [3.63, 3.8) is 0 Å². The van der Waals surface area contributed by atoms with Gasteiger partial charge in [-0.15, -0.1) is 5.54 Å². The van der Waals surface area contributed by atoms with E-state index in [1.54, 1.807) is 0 Å². The Balaban J connectivity index is 2.27. The third kappa shape index (κ3) is 3.09. The Bertz CT molecular complexity index is 530. The Morgan fingerprint density at radius 3 is 1.88 bits per heavy atom. The lowest BCUT2D eigenvalue weighted by molar-refractivity contribution is 1.65. The first-order chi connectivity index (χ1) is 8.18. The summed E-state index contributed by atoms with van der Waals surface area (Å²) in [6.07, 6.45) is 0. The highest BCUT2D eigenvalue weighted by Gasteiger charge is 2.20. The normalized spacial score (nSPS) is 10.5. The van der Waals surface area contributed by atoms with E-state index in [-0.39, 0.29) is 0 Å². The molecule has 0 bridgehead atoms. The van der Waals surface area contributed by atoms with E-state index in [1.165, 1.54) is 5.19 Å². The van der Waals surface area contributed by atoms with Gasteiger partial charge >= 0.3 is 0 Å². The van der Waals surface area contributed by atoms with E-state index in [0.29, 0.717) is 0 Å². The molecule has 0 fully saturated rings. The predicted octanol–water partition coefficient (Wildman–Crippen LogP) is 3.19. The van der Waals surface area contributed by atoms with Gasteiger partial charge in [-0.1, -0.05) is 67.5 Å². The van der Waals surface area contributed by atoms with Crippen LogP contribution in [0.25, 0.3) is 0 Å². The fourth-order valence-electron chi connectivity index (χ4n) is 1.68. The largest absolute Gasteiger partial charge is 0.163 e. The van der Waals surface area contributed by atoms with Crippen molar-refractivity contribution < 1.29 is 0 Å². The molecule has 0 atom stereocenters. The van der Waals surface area contributed by atoms with Crippen molar-refractivity contribution in [3.8, 4) is 11.5 Å². The van der Waals surface area contributed by atoms with Crippen molar-refractivity contribution in [3.05, 3.63) is 66.2 Å². The van der Waals surface area contributed by atoms with Gasteiger partial charge in [0.1, 0.15) is 0 Å². The van der Waals surface area contributed by atoms with E-state index in [4.69, 9.17) is 0 Å². The van der Waals surface area contributed by atoms with E-state index in [0.717, 1.165) is 5.56 Å². The van der Waals surface area contributed by atoms with Gasteiger partial charge in [0.2, 0.25) is 0 Å². The van der Waals surface area contributed by atoms with Crippen LogP contribution >= 0.6 is 0 Å². The molecular formula is C16H16Si. The third-order valence-corrected chi connectivity index (χ3v) is 5.32. The molecule has 0 spiro atoms. The fraction of sp³-hybridized carbons (Fsp3) is 0.125. The Morgan fingerprint density at radius 1 is 0.765 bits per heavy atom. The minimum absolute atomic E-state index is 1.10. The summed E-state index contributed by atoms with van der Waals surface area (Å²) in [7, 11) is -1.62. The second kappa shape index (κ2) is 5.03. The smallest absolute Gasteiger partial charge is 0.121 e. The van der Waals surface area contributed by atoms with Crippen LogP contribution in [-0.2, 0) is 0 Å². The summed E-state index contributed by atoms with van der Waals surface area (Å²) in [5, 5.41) is 1.39. The molecule has 0 aliphatic carbocycles. The first-order valence-electron chi connectivity index (χ1n) is 5.82. The molecule has 0 unspecified atom stereocenters. The highest BCUT2D eigenvalue weighted by Crippen LogP contribution is 2.03. The molecule has 2 aromatic rings. The summed E-state index contributed by atoms with van der Waals surface area (Å²) in [5.74, 6) is 3.30. The van der Waals surface area contributed by atoms with Crippen molar-refractivity contribution in [2.24, 2.45) is 0 Å². The third-order valence-electron chi connectivity index (χ3n) is 2.79. The summed E-state index contributed by atoms with van der Waals surface area (Å²) in [6.45, 7) is 4.58. The van der Waals surface area contributed by atoms with Crippen LogP contribution in [0.4, 0.5) is 0 Å². The summed E-state index contributed by atoms with van der Waals surface area (Å²) >= 11 is 0. The van der Waals surface area contributed by atoms with Gasteiger partial charge in [0.25, 0.3) is 0 Å². The van der Waals surface area contributed by atoms with E-state index in [9.17, 15) is 0 Å². The summed E-state index contributed by atoms with van der Waals surface area (Å²) in [4.78, 5) is 0. The van der Waals surface area contributed by atoms with Crippen LogP contribution < -0.4 is 5.19 Å². The molecular weight excluding hydrogens is 220 g/mol. The van der Waals surface area contributed by atoms with Gasteiger partial charge in [0, 0.05) is 5.56 Å². The van der Waals surface area contributed by atoms with Gasteiger partial charge in [0.05, 0.1) is 0 Å². The Labute approximate surface area is 104 Å². The van der Waals surface area contributed by atoms with E-state index in [1.807, 2.05) is 18.2 Å². The molecule has 0 aliphatic rings. The fourth-order valence-corrected chi connectivity index (χ4v) is 3.30. The van der Waals surface area contributed by atoms with E-state index in [2.05, 4.69) is 67.0 Å². The van der Waals surface area contributed by atoms with E-state index < -0.39 is 8.07 Å². The number of benzene rings is 2. The minimum Gasteiger partial charge on any atom is -0.121 e. The molecule has 0 radical (unpaired) electrons. The molecule has 17 heavy (non-hydrogen) atoms. The van der Waals surface area contributed by atoms with Gasteiger partial charge in [-0.25, -0.2) is 0 Å². The lowest BCUT2D eigenvalue weighted by Crippen LogP contribution is -2.39. The molecule has 2 rings (SSSR count). The first kappa shape index (κ1) is 11.7. The second-order valence-corrected chi connectivity index (χ2v) is 8.68. The van der Waals surface area contributed by atoms with Crippen LogP contribution in [-0.4, -0.2) is 8.07 Å². The number of hydrogen-bond donors (Lipinski definition) is 0. The molecule has 0 saturated heterocycles. The number of rotatable bonds is 1. The van der Waals surface area contributed by atoms with Gasteiger partial charge in [0.15, 0.2) is 8.07 Å². The molecule has 0 N–H and O–H groups in total. The molecule has 0 amide bonds. The van der Waals surface area contributed by atoms with Crippen molar-refractivity contribution >= 4 is 13.3 Å². The standard InChI is InChI=1S/C16H16Si/c1-17(2,16-11-7-4-8-12-16)14-13-15-9-5-3-6-10-15/h3-12H,1-2H3. The van der Waals surface area contributed by atoms with E-state index >= 15 is 0 Å². The molecule has 2 aromatic carbocycles. The van der Waals surface area contributed by atoms with Crippen molar-refractivity contribution in [1.29, 1.82) is 0 Å². The Kier molecular flexibility index (Phi) is 3.46. The summed E-state index contributed by atoms with van der Waals surface area (Å²) in [5.41, 5.74) is 4.58. The average Bonchev–Trinajstić information content (AvgIpc) is 2.39. The van der Waals surface area contributed by atoms with Crippen LogP contribution in [0, 0.1) is 11.5 Å². The molecule has 84 valence electrons. The molecule has 1 heteroatoms. The molecule has 0 aromatic heterocycles. The van der Waals surface area contributed by atoms with Crippen molar-refractivity contribution in [2.45, 2.75) is 13.1 Å². The maximum absolute atomic E-state index is 3.48. The lowest BCUT2D eigenvalue weighted by Gasteiger charge is -2.14. The van der Waals surface area contributed by atoms with Gasteiger partial charge in [-0.05, 0) is 17.3 Å². The van der Waals surface area contributed by atoms with Crippen LogP contribution in [0.1, 0.15) is 5.56 Å². The van der Waals surface area contributed by atoms with Crippen LogP contribution in [0.5, 0.6) is 0 Å². The quantitative estimate of drug-likeness (QED) is 0.527. The second-order valence-electron chi connectivity index (χ2n) is 4.61. The van der Waals surface area contributed by atoms with Crippen LogP contribution in [0.15, 0.2) is 60.7 Å². The molecule has 0 saturated carbocycles. The maximum Gasteiger partial charge on any atom is 0.163 e. The Hall–Kier alpha value is -1.78. The van der Waals surface area contributed by atoms with Crippen molar-refractivity contribution in [2.75, 3.05) is 0 Å². The number of hydrogen-bond acceptors (Lipinski definition) is 0. The summed E-state index contributed by atoms with van der Waals surface area (Å²) < 4.78 is 0. The first-order valence-corrected chi connectivity index (χ1v) is 8.82. The van der Waals surface area contributed by atoms with Gasteiger partial charge in [-0.2, -0.15) is 0 Å². The SMILES string of the molecule is C[Si](C)(C#Cc1ccccc1)c1ccccc1. The highest BCUT2D eigenvalue weighted by molar-refractivity contribution is 6.96. The van der Waals surface area contributed by atoms with Crippen LogP contribution in [0.2, 0.25) is 13.1 Å². The average molecular weight is 236 g/mol. The summed E-state index contributed by atoms with van der Waals surface area (Å²) in [6, 6.07) is 20.8. The topological polar surface area (TPSA) is 0 Å². The van der Waals surface area contributed by atoms with Crippen molar-refractivity contribution in [1.82, 2.24) is 0 Å². The zero-order valence-electron chi connectivity index (χ0n) is 10.3. The maximum atomic E-state index is 3.48. The van der Waals surface area contributed by atoms with Gasteiger partial charge in [-0.3, -0.25) is 0 Å². The minimum atomic E-state index is -1.62. The highest BCUT2D eigenvalue weighted by atomic mass is 28.3. The molecule has 0 heterocycles. The molecule has 0 nitrogen and oxygen atoms in total. The monoisotopic (exact) mass is 236 g/mol. The molecule has 0 aliphatic heterocycles. The zero-order chi connectivity index (χ0) is 12.1. The predicted molar refractivity (Wildman–Crippen MR) is 76.9 cm³/mol. The lowest BCUT2D eigenvalue weighted by atomic mass is 10.2. The van der Waals surface area contributed by atoms with Gasteiger partial charge < -0.3 is 0 Å².